The number of rotatable bonds is 2. The predicted octanol–water partition coefficient (Wildman–Crippen LogP) is 1.12. The van der Waals surface area contributed by atoms with E-state index in [1.807, 2.05) is 0 Å². The first-order valence-corrected chi connectivity index (χ1v) is 4.46. The highest BCUT2D eigenvalue weighted by Gasteiger charge is 2.03. The predicted molar refractivity (Wildman–Crippen MR) is 56.7 cm³/mol. The molecule has 0 atom stereocenters. The largest absolute Gasteiger partial charge is 0.423 e. The van der Waals surface area contributed by atoms with Gasteiger partial charge in [-0.1, -0.05) is 0 Å². The Labute approximate surface area is 85.3 Å². The molecule has 1 heterocycles. The van der Waals surface area contributed by atoms with E-state index in [2.05, 4.69) is 0 Å². The van der Waals surface area contributed by atoms with E-state index < -0.39 is 5.63 Å². The molecule has 0 saturated carbocycles. The number of hydrogen-bond donors (Lipinski definition) is 1. The molecule has 4 heteroatoms. The maximum atomic E-state index is 11.0. The van der Waals surface area contributed by atoms with Crippen molar-refractivity contribution in [3.8, 4) is 0 Å². The molecule has 0 spiro atoms. The van der Waals surface area contributed by atoms with Crippen LogP contribution in [0.25, 0.3) is 11.0 Å². The maximum Gasteiger partial charge on any atom is 0.336 e. The van der Waals surface area contributed by atoms with E-state index in [4.69, 9.17) is 10.2 Å². The van der Waals surface area contributed by atoms with Crippen molar-refractivity contribution < 1.29 is 9.21 Å². The molecular weight excluding hydrogens is 194 g/mol. The maximum absolute atomic E-state index is 11.0. The molecule has 4 nitrogen and oxygen atoms in total. The van der Waals surface area contributed by atoms with Crippen molar-refractivity contribution in [1.29, 1.82) is 0 Å². The van der Waals surface area contributed by atoms with Gasteiger partial charge in [0, 0.05) is 23.6 Å². The zero-order valence-electron chi connectivity index (χ0n) is 7.90. The van der Waals surface area contributed by atoms with Gasteiger partial charge in [0.05, 0.1) is 0 Å². The Morgan fingerprint density at radius 1 is 1.33 bits per heavy atom. The number of anilines is 1. The third kappa shape index (κ3) is 1.74. The van der Waals surface area contributed by atoms with Crippen molar-refractivity contribution in [2.24, 2.45) is 0 Å². The molecule has 1 aromatic carbocycles. The van der Waals surface area contributed by atoms with E-state index in [-0.39, 0.29) is 6.42 Å². The Morgan fingerprint density at radius 3 is 2.87 bits per heavy atom. The van der Waals surface area contributed by atoms with Gasteiger partial charge in [-0.2, -0.15) is 0 Å². The van der Waals surface area contributed by atoms with Gasteiger partial charge in [0.25, 0.3) is 0 Å². The van der Waals surface area contributed by atoms with Gasteiger partial charge in [0.15, 0.2) is 0 Å². The van der Waals surface area contributed by atoms with Gasteiger partial charge in [-0.05, 0) is 23.8 Å². The zero-order valence-corrected chi connectivity index (χ0v) is 7.90. The monoisotopic (exact) mass is 203 g/mol. The molecule has 2 aromatic rings. The number of fused-ring (bicyclic) bond motifs is 1. The number of nitrogens with two attached hydrogens (primary N) is 1. The summed E-state index contributed by atoms with van der Waals surface area (Å²) in [5, 5.41) is 0.752. The molecule has 0 radical (unpaired) electrons. The Morgan fingerprint density at radius 2 is 2.13 bits per heavy atom. The number of aldehydes is 1. The summed E-state index contributed by atoms with van der Waals surface area (Å²) in [6.07, 6.45) is 0.985. The molecule has 15 heavy (non-hydrogen) atoms. The Bertz CT molecular complexity index is 572. The lowest BCUT2D eigenvalue weighted by Gasteiger charge is -2.03. The lowest BCUT2D eigenvalue weighted by molar-refractivity contribution is -0.107. The number of benzene rings is 1. The van der Waals surface area contributed by atoms with Gasteiger partial charge in [-0.25, -0.2) is 4.79 Å². The van der Waals surface area contributed by atoms with E-state index in [0.717, 1.165) is 11.7 Å². The van der Waals surface area contributed by atoms with Gasteiger partial charge in [0.2, 0.25) is 0 Å². The van der Waals surface area contributed by atoms with Crippen molar-refractivity contribution in [1.82, 2.24) is 0 Å². The van der Waals surface area contributed by atoms with Crippen molar-refractivity contribution in [2.75, 3.05) is 5.73 Å². The lowest BCUT2D eigenvalue weighted by atomic mass is 10.1. The summed E-state index contributed by atoms with van der Waals surface area (Å²) >= 11 is 0. The van der Waals surface area contributed by atoms with Gasteiger partial charge in [-0.15, -0.1) is 0 Å². The second-order valence-electron chi connectivity index (χ2n) is 3.21. The molecule has 1 aromatic heterocycles. The molecule has 0 fully saturated rings. The van der Waals surface area contributed by atoms with Crippen LogP contribution in [-0.2, 0) is 11.2 Å². The average Bonchev–Trinajstić information content (AvgIpc) is 2.20. The van der Waals surface area contributed by atoms with Crippen molar-refractivity contribution in [2.45, 2.75) is 6.42 Å². The molecular formula is C11H9NO3. The minimum atomic E-state index is -0.413. The van der Waals surface area contributed by atoms with Crippen LogP contribution in [0.3, 0.4) is 0 Å². The first-order chi connectivity index (χ1) is 7.20. The standard InChI is InChI=1S/C11H9NO3/c12-9-5-8-1-2-11(14)15-10(8)6-7(9)3-4-13/h1-2,4-6H,3,12H2. The van der Waals surface area contributed by atoms with Gasteiger partial charge >= 0.3 is 5.63 Å². The second kappa shape index (κ2) is 3.57. The molecule has 0 unspecified atom stereocenters. The normalized spacial score (nSPS) is 10.4. The van der Waals surface area contributed by atoms with Gasteiger partial charge < -0.3 is 14.9 Å². The molecule has 76 valence electrons. The lowest BCUT2D eigenvalue weighted by Crippen LogP contribution is -1.98. The third-order valence-electron chi connectivity index (χ3n) is 2.18. The highest BCUT2D eigenvalue weighted by atomic mass is 16.4. The summed E-state index contributed by atoms with van der Waals surface area (Å²) in [7, 11) is 0. The van der Waals surface area contributed by atoms with E-state index in [1.165, 1.54) is 6.07 Å². The number of carbonyl (C=O) groups excluding carboxylic acids is 1. The Kier molecular flexibility index (Phi) is 2.25. The van der Waals surface area contributed by atoms with Crippen LogP contribution >= 0.6 is 0 Å². The van der Waals surface area contributed by atoms with Gasteiger partial charge in [-0.3, -0.25) is 0 Å². The third-order valence-corrected chi connectivity index (χ3v) is 2.18. The fourth-order valence-corrected chi connectivity index (χ4v) is 1.44. The van der Waals surface area contributed by atoms with Gasteiger partial charge in [0.1, 0.15) is 11.9 Å². The molecule has 0 saturated heterocycles. The molecule has 0 bridgehead atoms. The molecule has 2 N–H and O–H groups in total. The summed E-state index contributed by atoms with van der Waals surface area (Å²) in [6, 6.07) is 6.29. The molecule has 0 aliphatic carbocycles. The number of hydrogen-bond acceptors (Lipinski definition) is 4. The average molecular weight is 203 g/mol. The second-order valence-corrected chi connectivity index (χ2v) is 3.21. The number of nitrogen functional groups attached to an aromatic ring is 1. The number of carbonyl (C=O) groups is 1. The van der Waals surface area contributed by atoms with Crippen LogP contribution in [0.5, 0.6) is 0 Å². The fraction of sp³-hybridized carbons (Fsp3) is 0.0909. The molecule has 0 amide bonds. The summed E-state index contributed by atoms with van der Waals surface area (Å²) in [6.45, 7) is 0. The molecule has 0 aliphatic rings. The van der Waals surface area contributed by atoms with E-state index >= 15 is 0 Å². The minimum Gasteiger partial charge on any atom is -0.423 e. The minimum absolute atomic E-state index is 0.223. The van der Waals surface area contributed by atoms with Crippen LogP contribution in [0.2, 0.25) is 0 Å². The summed E-state index contributed by atoms with van der Waals surface area (Å²) < 4.78 is 4.98. The van der Waals surface area contributed by atoms with Crippen LogP contribution in [-0.4, -0.2) is 6.29 Å². The van der Waals surface area contributed by atoms with Crippen molar-refractivity contribution in [3.63, 3.8) is 0 Å². The summed E-state index contributed by atoms with van der Waals surface area (Å²) in [5.74, 6) is 0. The van der Waals surface area contributed by atoms with Crippen LogP contribution in [0.15, 0.2) is 33.5 Å². The molecule has 2 rings (SSSR count). The van der Waals surface area contributed by atoms with Crippen LogP contribution in [0.4, 0.5) is 5.69 Å². The highest BCUT2D eigenvalue weighted by Crippen LogP contribution is 2.20. The van der Waals surface area contributed by atoms with Crippen molar-refractivity contribution >= 4 is 22.9 Å². The van der Waals surface area contributed by atoms with Crippen LogP contribution < -0.4 is 11.4 Å². The molecule has 0 aliphatic heterocycles. The van der Waals surface area contributed by atoms with Crippen molar-refractivity contribution in [3.05, 3.63) is 40.2 Å². The van der Waals surface area contributed by atoms with E-state index in [0.29, 0.717) is 16.8 Å². The summed E-state index contributed by atoms with van der Waals surface area (Å²) in [4.78, 5) is 21.4. The zero-order chi connectivity index (χ0) is 10.8. The fourth-order valence-electron chi connectivity index (χ4n) is 1.44. The highest BCUT2D eigenvalue weighted by molar-refractivity contribution is 5.82. The first-order valence-electron chi connectivity index (χ1n) is 4.46. The van der Waals surface area contributed by atoms with Crippen LogP contribution in [0.1, 0.15) is 5.56 Å². The SMILES string of the molecule is Nc1cc2ccc(=O)oc2cc1CC=O. The smallest absolute Gasteiger partial charge is 0.336 e. The first kappa shape index (κ1) is 9.45. The van der Waals surface area contributed by atoms with E-state index in [1.54, 1.807) is 18.2 Å². The Balaban J connectivity index is 2.71. The quantitative estimate of drug-likeness (QED) is 0.451. The van der Waals surface area contributed by atoms with E-state index in [9.17, 15) is 9.59 Å². The topological polar surface area (TPSA) is 73.3 Å². The summed E-state index contributed by atoms with van der Waals surface area (Å²) in [5.41, 5.74) is 6.98. The Hall–Kier alpha value is -2.10. The van der Waals surface area contributed by atoms with Crippen LogP contribution in [0, 0.1) is 0 Å².